The van der Waals surface area contributed by atoms with Crippen LogP contribution in [0, 0.1) is 0 Å². The van der Waals surface area contributed by atoms with Gasteiger partial charge >= 0.3 is 0 Å². The highest BCUT2D eigenvalue weighted by molar-refractivity contribution is 7.17. The van der Waals surface area contributed by atoms with Crippen LogP contribution >= 0.6 is 22.9 Å². The van der Waals surface area contributed by atoms with Gasteiger partial charge in [0.15, 0.2) is 0 Å². The number of nitrogens with one attached hydrogen (secondary N) is 1. The molecule has 0 fully saturated rings. The smallest absolute Gasteiger partial charge is 0.265 e. The Bertz CT molecular complexity index is 923. The summed E-state index contributed by atoms with van der Waals surface area (Å²) >= 11 is 7.34. The molecule has 0 saturated carbocycles. The highest BCUT2D eigenvalue weighted by atomic mass is 35.5. The zero-order valence-corrected chi connectivity index (χ0v) is 14.2. The van der Waals surface area contributed by atoms with Gasteiger partial charge < -0.3 is 10.1 Å². The van der Waals surface area contributed by atoms with Crippen LogP contribution in [0.2, 0.25) is 5.15 Å². The molecule has 120 valence electrons. The second-order valence-electron chi connectivity index (χ2n) is 5.38. The van der Waals surface area contributed by atoms with Gasteiger partial charge in [0.1, 0.15) is 10.9 Å². The van der Waals surface area contributed by atoms with Gasteiger partial charge in [-0.05, 0) is 35.9 Å². The fraction of sp³-hybridized carbons (Fsp3) is 0.111. The van der Waals surface area contributed by atoms with E-state index in [4.69, 9.17) is 16.3 Å². The van der Waals surface area contributed by atoms with Gasteiger partial charge in [0, 0.05) is 28.7 Å². The molecule has 3 aromatic rings. The summed E-state index contributed by atoms with van der Waals surface area (Å²) in [4.78, 5) is 18.2. The molecule has 0 spiro atoms. The number of para-hydroxylation sites is 1. The number of benzene rings is 1. The molecule has 6 heteroatoms. The zero-order valence-electron chi connectivity index (χ0n) is 12.6. The van der Waals surface area contributed by atoms with Crippen LogP contribution in [-0.2, 0) is 6.42 Å². The lowest BCUT2D eigenvalue weighted by Crippen LogP contribution is -2.10. The first-order valence-electron chi connectivity index (χ1n) is 7.48. The number of hydrogen-bond donors (Lipinski definition) is 1. The van der Waals surface area contributed by atoms with Crippen LogP contribution in [-0.4, -0.2) is 17.5 Å². The summed E-state index contributed by atoms with van der Waals surface area (Å²) in [5, 5.41) is 3.21. The highest BCUT2D eigenvalue weighted by Gasteiger charge is 2.21. The maximum Gasteiger partial charge on any atom is 0.265 e. The summed E-state index contributed by atoms with van der Waals surface area (Å²) < 4.78 is 5.78. The second kappa shape index (κ2) is 6.26. The van der Waals surface area contributed by atoms with E-state index in [1.54, 1.807) is 18.3 Å². The van der Waals surface area contributed by atoms with Crippen molar-refractivity contribution < 1.29 is 9.53 Å². The van der Waals surface area contributed by atoms with E-state index < -0.39 is 0 Å². The number of pyridine rings is 1. The summed E-state index contributed by atoms with van der Waals surface area (Å²) in [6, 6.07) is 13.2. The predicted octanol–water partition coefficient (Wildman–Crippen LogP) is 4.65. The lowest BCUT2D eigenvalue weighted by atomic mass is 10.1. The van der Waals surface area contributed by atoms with Crippen molar-refractivity contribution in [3.8, 4) is 16.2 Å². The predicted molar refractivity (Wildman–Crippen MR) is 96.2 cm³/mol. The summed E-state index contributed by atoms with van der Waals surface area (Å²) in [5.74, 6) is 0.722. The fourth-order valence-corrected chi connectivity index (χ4v) is 3.99. The van der Waals surface area contributed by atoms with E-state index in [9.17, 15) is 4.79 Å². The molecule has 1 amide bonds. The topological polar surface area (TPSA) is 51.2 Å². The Hall–Kier alpha value is -2.37. The summed E-state index contributed by atoms with van der Waals surface area (Å²) in [5.41, 5.74) is 2.82. The molecule has 4 nitrogen and oxygen atoms in total. The van der Waals surface area contributed by atoms with Crippen molar-refractivity contribution in [3.63, 3.8) is 0 Å². The molecule has 0 saturated heterocycles. The van der Waals surface area contributed by atoms with Crippen LogP contribution in [0.3, 0.4) is 0 Å². The van der Waals surface area contributed by atoms with E-state index in [-0.39, 0.29) is 5.91 Å². The number of amides is 1. The molecule has 1 aromatic carbocycles. The van der Waals surface area contributed by atoms with E-state index in [2.05, 4.69) is 10.3 Å². The fourth-order valence-electron chi connectivity index (χ4n) is 2.68. The Morgan fingerprint density at radius 2 is 2.12 bits per heavy atom. The van der Waals surface area contributed by atoms with Gasteiger partial charge in [-0.2, -0.15) is 0 Å². The van der Waals surface area contributed by atoms with Gasteiger partial charge in [-0.3, -0.25) is 4.79 Å². The Labute approximate surface area is 148 Å². The maximum absolute atomic E-state index is 12.5. The number of hydrogen-bond acceptors (Lipinski definition) is 4. The Balaban J connectivity index is 1.67. The average Bonchev–Trinajstić information content (AvgIpc) is 2.92. The molecular weight excluding hydrogens is 344 g/mol. The van der Waals surface area contributed by atoms with Crippen molar-refractivity contribution >= 4 is 34.5 Å². The van der Waals surface area contributed by atoms with Crippen LogP contribution in [0.4, 0.5) is 5.69 Å². The minimum atomic E-state index is -0.145. The zero-order chi connectivity index (χ0) is 16.5. The van der Waals surface area contributed by atoms with Crippen molar-refractivity contribution in [3.05, 3.63) is 64.3 Å². The van der Waals surface area contributed by atoms with Gasteiger partial charge in [-0.15, -0.1) is 11.3 Å². The number of carbonyl (C=O) groups excluding carboxylic acids is 1. The molecule has 0 aliphatic carbocycles. The lowest BCUT2D eigenvalue weighted by molar-refractivity contribution is 0.103. The van der Waals surface area contributed by atoms with Crippen molar-refractivity contribution in [2.75, 3.05) is 11.9 Å². The normalized spacial score (nSPS) is 12.5. The Morgan fingerprint density at radius 1 is 1.25 bits per heavy atom. The summed E-state index contributed by atoms with van der Waals surface area (Å²) in [6.45, 7) is 0.613. The Kier molecular flexibility index (Phi) is 3.96. The number of aromatic nitrogens is 1. The molecule has 1 N–H and O–H groups in total. The standard InChI is InChI=1S/C18H13ClN2O2S/c19-16-10-12(5-7-20-16)21-18(22)15-9-11-6-8-23-14-4-2-1-3-13(14)17(11)24-15/h1-5,7,9-10H,6,8H2,(H,20,21,22). The second-order valence-corrected chi connectivity index (χ2v) is 6.82. The van der Waals surface area contributed by atoms with Crippen molar-refractivity contribution in [2.45, 2.75) is 6.42 Å². The number of nitrogens with zero attached hydrogens (tertiary/aromatic N) is 1. The van der Waals surface area contributed by atoms with E-state index in [1.807, 2.05) is 30.3 Å². The van der Waals surface area contributed by atoms with Crippen LogP contribution in [0.1, 0.15) is 15.2 Å². The number of rotatable bonds is 2. The molecule has 4 rings (SSSR count). The number of anilines is 1. The molecule has 1 aliphatic heterocycles. The summed E-state index contributed by atoms with van der Waals surface area (Å²) in [7, 11) is 0. The average molecular weight is 357 g/mol. The van der Waals surface area contributed by atoms with E-state index >= 15 is 0 Å². The lowest BCUT2D eigenvalue weighted by Gasteiger charge is -2.06. The van der Waals surface area contributed by atoms with Crippen molar-refractivity contribution in [1.29, 1.82) is 0 Å². The van der Waals surface area contributed by atoms with Gasteiger partial charge in [0.2, 0.25) is 0 Å². The van der Waals surface area contributed by atoms with E-state index in [1.165, 1.54) is 11.3 Å². The van der Waals surface area contributed by atoms with Gasteiger partial charge in [-0.25, -0.2) is 4.98 Å². The van der Waals surface area contributed by atoms with Gasteiger partial charge in [-0.1, -0.05) is 23.7 Å². The molecule has 0 bridgehead atoms. The number of thiophene rings is 1. The van der Waals surface area contributed by atoms with Crippen LogP contribution < -0.4 is 10.1 Å². The third kappa shape index (κ3) is 2.88. The molecule has 24 heavy (non-hydrogen) atoms. The highest BCUT2D eigenvalue weighted by Crippen LogP contribution is 2.40. The maximum atomic E-state index is 12.5. The molecule has 1 aliphatic rings. The number of halogens is 1. The van der Waals surface area contributed by atoms with Gasteiger partial charge in [0.25, 0.3) is 5.91 Å². The Morgan fingerprint density at radius 3 is 3.00 bits per heavy atom. The van der Waals surface area contributed by atoms with Crippen LogP contribution in [0.25, 0.3) is 10.4 Å². The SMILES string of the molecule is O=C(Nc1ccnc(Cl)c1)c1cc2c(s1)-c1ccccc1OCC2. The molecule has 0 unspecified atom stereocenters. The first kappa shape index (κ1) is 15.2. The quantitative estimate of drug-likeness (QED) is 0.680. The van der Waals surface area contributed by atoms with E-state index in [0.717, 1.165) is 28.2 Å². The van der Waals surface area contributed by atoms with Crippen LogP contribution in [0.5, 0.6) is 5.75 Å². The number of carbonyl (C=O) groups is 1. The van der Waals surface area contributed by atoms with Crippen molar-refractivity contribution in [2.24, 2.45) is 0 Å². The first-order valence-corrected chi connectivity index (χ1v) is 8.68. The molecule has 2 aromatic heterocycles. The van der Waals surface area contributed by atoms with Crippen LogP contribution in [0.15, 0.2) is 48.7 Å². The molecular formula is C18H13ClN2O2S. The molecule has 3 heterocycles. The molecule has 0 atom stereocenters. The van der Waals surface area contributed by atoms with E-state index in [0.29, 0.717) is 22.3 Å². The minimum Gasteiger partial charge on any atom is -0.493 e. The summed E-state index contributed by atoms with van der Waals surface area (Å²) in [6.07, 6.45) is 2.35. The number of ether oxygens (including phenoxy) is 1. The monoisotopic (exact) mass is 356 g/mol. The number of fused-ring (bicyclic) bond motifs is 3. The first-order chi connectivity index (χ1) is 11.7. The minimum absolute atomic E-state index is 0.145. The third-order valence-corrected chi connectivity index (χ3v) is 5.19. The van der Waals surface area contributed by atoms with Crippen molar-refractivity contribution in [1.82, 2.24) is 4.98 Å². The largest absolute Gasteiger partial charge is 0.493 e. The molecule has 0 radical (unpaired) electrons. The van der Waals surface area contributed by atoms with Gasteiger partial charge in [0.05, 0.1) is 11.5 Å². The third-order valence-electron chi connectivity index (χ3n) is 3.78.